The summed E-state index contributed by atoms with van der Waals surface area (Å²) in [5.74, 6) is -2.86. The van der Waals surface area contributed by atoms with Crippen molar-refractivity contribution in [2.75, 3.05) is 45.5 Å². The molecule has 3 atom stereocenters. The summed E-state index contributed by atoms with van der Waals surface area (Å²) in [7, 11) is 1.57. The predicted octanol–water partition coefficient (Wildman–Crippen LogP) is 5.49. The van der Waals surface area contributed by atoms with Gasteiger partial charge < -0.3 is 29.4 Å². The average Bonchev–Trinajstić information content (AvgIpc) is 3.63. The molecule has 5 rings (SSSR count). The third-order valence-electron chi connectivity index (χ3n) is 8.36. The summed E-state index contributed by atoms with van der Waals surface area (Å²) in [5.41, 5.74) is 5.11. The number of rotatable bonds is 12. The summed E-state index contributed by atoms with van der Waals surface area (Å²) >= 11 is 0. The van der Waals surface area contributed by atoms with Crippen LogP contribution in [0.2, 0.25) is 0 Å². The molecule has 2 heterocycles. The molecule has 234 valence electrons. The van der Waals surface area contributed by atoms with E-state index < -0.39 is 29.7 Å². The van der Waals surface area contributed by atoms with E-state index in [0.29, 0.717) is 23.5 Å². The number of carboxylic acid groups (broad SMARTS) is 1. The van der Waals surface area contributed by atoms with Crippen molar-refractivity contribution in [3.05, 3.63) is 82.2 Å². The third kappa shape index (κ3) is 6.37. The lowest BCUT2D eigenvalue weighted by Crippen LogP contribution is -2.35. The van der Waals surface area contributed by atoms with Crippen LogP contribution >= 0.6 is 0 Å². The first-order valence-electron chi connectivity index (χ1n) is 14.9. The lowest BCUT2D eigenvalue weighted by atomic mass is 9.82. The number of hydrogen-bond acceptors (Lipinski definition) is 7. The number of nitrogens with one attached hydrogen (secondary N) is 1. The first-order valence-corrected chi connectivity index (χ1v) is 14.9. The number of ether oxygens (including phenoxy) is 4. The number of hydrogen-bond donors (Lipinski definition) is 2. The highest BCUT2D eigenvalue weighted by atomic mass is 19.1. The molecule has 1 amide bonds. The Morgan fingerprint density at radius 3 is 2.48 bits per heavy atom. The molecule has 0 spiro atoms. The van der Waals surface area contributed by atoms with E-state index in [2.05, 4.69) is 17.4 Å². The minimum absolute atomic E-state index is 0.0137. The van der Waals surface area contributed by atoms with Gasteiger partial charge >= 0.3 is 5.97 Å². The molecule has 2 aliphatic rings. The highest BCUT2D eigenvalue weighted by Crippen LogP contribution is 2.50. The fraction of sp³-hybridized carbons (Fsp3) is 0.412. The maximum absolute atomic E-state index is 15.0. The predicted molar refractivity (Wildman–Crippen MR) is 163 cm³/mol. The number of benzene rings is 3. The number of carbonyl (C=O) groups excluding carboxylic acids is 1. The highest BCUT2D eigenvalue weighted by molar-refractivity contribution is 5.94. The van der Waals surface area contributed by atoms with Crippen LogP contribution in [0.15, 0.2) is 48.5 Å². The summed E-state index contributed by atoms with van der Waals surface area (Å²) in [6, 6.07) is 13.6. The number of para-hydroxylation sites is 1. The number of carboxylic acids is 1. The minimum Gasteiger partial charge on any atom is -0.491 e. The number of fused-ring (bicyclic) bond motifs is 1. The van der Waals surface area contributed by atoms with Gasteiger partial charge in [-0.15, -0.1) is 0 Å². The molecule has 2 N–H and O–H groups in total. The van der Waals surface area contributed by atoms with Gasteiger partial charge in [-0.05, 0) is 54.7 Å². The van der Waals surface area contributed by atoms with Gasteiger partial charge in [0.2, 0.25) is 18.4 Å². The van der Waals surface area contributed by atoms with Gasteiger partial charge in [0, 0.05) is 30.8 Å². The fourth-order valence-electron chi connectivity index (χ4n) is 6.42. The number of methoxy groups -OCH3 is 1. The van der Waals surface area contributed by atoms with Crippen LogP contribution in [-0.4, -0.2) is 62.1 Å². The van der Waals surface area contributed by atoms with Crippen molar-refractivity contribution in [2.24, 2.45) is 5.92 Å². The van der Waals surface area contributed by atoms with Crippen molar-refractivity contribution < 1.29 is 38.0 Å². The molecule has 1 unspecified atom stereocenters. The van der Waals surface area contributed by atoms with Crippen molar-refractivity contribution >= 4 is 17.6 Å². The molecule has 3 aromatic rings. The molecule has 0 aromatic heterocycles. The van der Waals surface area contributed by atoms with Crippen molar-refractivity contribution in [3.8, 4) is 17.2 Å². The number of amides is 1. The van der Waals surface area contributed by atoms with Crippen LogP contribution in [0.4, 0.5) is 10.1 Å². The zero-order valence-corrected chi connectivity index (χ0v) is 25.5. The van der Waals surface area contributed by atoms with Gasteiger partial charge in [0.15, 0.2) is 11.6 Å². The number of likely N-dealkylation sites (tertiary alicyclic amines) is 1. The van der Waals surface area contributed by atoms with E-state index in [1.807, 2.05) is 43.9 Å². The molecule has 1 fully saturated rings. The largest absolute Gasteiger partial charge is 0.491 e. The summed E-state index contributed by atoms with van der Waals surface area (Å²) in [4.78, 5) is 28.6. The summed E-state index contributed by atoms with van der Waals surface area (Å²) in [5, 5.41) is 13.8. The quantitative estimate of drug-likeness (QED) is 0.261. The Balaban J connectivity index is 1.53. The molecular formula is C34H39FN2O7. The molecular weight excluding hydrogens is 567 g/mol. The maximum Gasteiger partial charge on any atom is 0.309 e. The van der Waals surface area contributed by atoms with E-state index in [4.69, 9.17) is 18.9 Å². The Labute approximate surface area is 256 Å². The van der Waals surface area contributed by atoms with E-state index in [9.17, 15) is 14.7 Å². The molecule has 10 heteroatoms. The Morgan fingerprint density at radius 2 is 1.80 bits per heavy atom. The number of aryl methyl sites for hydroxylation is 3. The molecule has 44 heavy (non-hydrogen) atoms. The SMILES string of the molecule is CCc1cc(C)cc(CC)c1NC(=O)CN1C[C@H](c2cc(F)c3c(c2)OCO3)C(C(=O)O)[C@@H]1c1ccccc1OCCOC. The Kier molecular flexibility index (Phi) is 9.71. The van der Waals surface area contributed by atoms with Crippen LogP contribution in [-0.2, 0) is 27.2 Å². The van der Waals surface area contributed by atoms with E-state index in [-0.39, 0.29) is 43.9 Å². The summed E-state index contributed by atoms with van der Waals surface area (Å²) in [6.45, 7) is 6.75. The molecule has 1 saturated heterocycles. The molecule has 0 aliphatic carbocycles. The zero-order valence-electron chi connectivity index (χ0n) is 25.5. The first kappa shape index (κ1) is 31.3. The van der Waals surface area contributed by atoms with Gasteiger partial charge in [-0.2, -0.15) is 0 Å². The Morgan fingerprint density at radius 1 is 1.07 bits per heavy atom. The Bertz CT molecular complexity index is 1500. The van der Waals surface area contributed by atoms with Crippen LogP contribution in [0.1, 0.15) is 53.6 Å². The lowest BCUT2D eigenvalue weighted by molar-refractivity contribution is -0.143. The number of nitrogens with zero attached hydrogens (tertiary/aromatic N) is 1. The van der Waals surface area contributed by atoms with E-state index >= 15 is 4.39 Å². The number of aliphatic carboxylic acids is 1. The summed E-state index contributed by atoms with van der Waals surface area (Å²) < 4.78 is 36.9. The Hall–Kier alpha value is -4.15. The highest BCUT2D eigenvalue weighted by Gasteiger charge is 2.49. The zero-order chi connectivity index (χ0) is 31.4. The monoisotopic (exact) mass is 606 g/mol. The normalized spacial score (nSPS) is 19.2. The van der Waals surface area contributed by atoms with E-state index in [0.717, 1.165) is 35.2 Å². The standard InChI is InChI=1S/C34H39FN2O7/c1-5-21-13-20(3)14-22(6-2)31(21)36-29(38)18-37-17-25(23-15-26(35)33-28(16-23)43-19-44-33)30(34(39)40)32(37)24-9-7-8-10-27(24)42-12-11-41-4/h7-10,13-16,25,30,32H,5-6,11-12,17-19H2,1-4H3,(H,36,38)(H,39,40)/t25-,30?,32+/m1/s1. The minimum atomic E-state index is -1.06. The van der Waals surface area contributed by atoms with Crippen LogP contribution in [0.25, 0.3) is 0 Å². The molecule has 0 radical (unpaired) electrons. The maximum atomic E-state index is 15.0. The van der Waals surface area contributed by atoms with Crippen molar-refractivity contribution in [2.45, 2.75) is 45.6 Å². The second-order valence-electron chi connectivity index (χ2n) is 11.2. The van der Waals surface area contributed by atoms with Crippen LogP contribution in [0.3, 0.4) is 0 Å². The van der Waals surface area contributed by atoms with Crippen molar-refractivity contribution in [3.63, 3.8) is 0 Å². The molecule has 3 aromatic carbocycles. The van der Waals surface area contributed by atoms with Crippen LogP contribution in [0, 0.1) is 18.7 Å². The van der Waals surface area contributed by atoms with Crippen molar-refractivity contribution in [1.29, 1.82) is 0 Å². The third-order valence-corrected chi connectivity index (χ3v) is 8.36. The number of halogens is 1. The topological polar surface area (TPSA) is 107 Å². The van der Waals surface area contributed by atoms with Crippen molar-refractivity contribution in [1.82, 2.24) is 4.90 Å². The molecule has 9 nitrogen and oxygen atoms in total. The van der Waals surface area contributed by atoms with E-state index in [1.165, 1.54) is 6.07 Å². The first-order chi connectivity index (χ1) is 21.2. The van der Waals surface area contributed by atoms with Gasteiger partial charge in [-0.1, -0.05) is 49.7 Å². The van der Waals surface area contributed by atoms with Crippen LogP contribution < -0.4 is 19.5 Å². The van der Waals surface area contributed by atoms with Gasteiger partial charge in [0.05, 0.1) is 25.1 Å². The van der Waals surface area contributed by atoms with Crippen LogP contribution in [0.5, 0.6) is 17.2 Å². The van der Waals surface area contributed by atoms with E-state index in [1.54, 1.807) is 19.2 Å². The smallest absolute Gasteiger partial charge is 0.309 e. The number of carbonyl (C=O) groups is 2. The molecule has 0 saturated carbocycles. The lowest BCUT2D eigenvalue weighted by Gasteiger charge is -2.28. The van der Waals surface area contributed by atoms with Gasteiger partial charge in [-0.3, -0.25) is 14.5 Å². The molecule has 0 bridgehead atoms. The fourth-order valence-corrected chi connectivity index (χ4v) is 6.42. The second kappa shape index (κ2) is 13.7. The average molecular weight is 607 g/mol. The molecule has 2 aliphatic heterocycles. The summed E-state index contributed by atoms with van der Waals surface area (Å²) in [6.07, 6.45) is 1.50. The van der Waals surface area contributed by atoms with Gasteiger partial charge in [0.1, 0.15) is 12.4 Å². The van der Waals surface area contributed by atoms with Gasteiger partial charge in [-0.25, -0.2) is 4.39 Å². The van der Waals surface area contributed by atoms with Gasteiger partial charge in [0.25, 0.3) is 0 Å². The number of anilines is 1. The second-order valence-corrected chi connectivity index (χ2v) is 11.2.